The smallest absolute Gasteiger partial charge is 0.246 e. The van der Waals surface area contributed by atoms with Gasteiger partial charge in [0, 0.05) is 65.4 Å². The average molecular weight is 543 g/mol. The third-order valence-electron chi connectivity index (χ3n) is 6.19. The number of likely N-dealkylation sites (N-methyl/N-ethyl adjacent to an activating group) is 2. The number of hydrogen-bond donors (Lipinski definition) is 3. The van der Waals surface area contributed by atoms with Crippen LogP contribution in [-0.4, -0.2) is 123 Å². The number of aromatic nitrogens is 2. The van der Waals surface area contributed by atoms with Gasteiger partial charge in [0.15, 0.2) is 0 Å². The highest BCUT2D eigenvalue weighted by Crippen LogP contribution is 2.13. The molecule has 2 rings (SSSR count). The molecule has 11 nitrogen and oxygen atoms in total. The van der Waals surface area contributed by atoms with E-state index in [0.717, 1.165) is 63.7 Å². The van der Waals surface area contributed by atoms with Crippen LogP contribution < -0.4 is 16.0 Å². The lowest BCUT2D eigenvalue weighted by Crippen LogP contribution is -2.45. The maximum atomic E-state index is 12.5. The highest BCUT2D eigenvalue weighted by atomic mass is 16.5. The molecule has 0 aliphatic carbocycles. The number of carbonyl (C=O) groups is 2. The zero-order chi connectivity index (χ0) is 28.5. The molecule has 2 heterocycles. The summed E-state index contributed by atoms with van der Waals surface area (Å²) in [5, 5.41) is 9.54. The molecule has 0 saturated carbocycles. The van der Waals surface area contributed by atoms with Gasteiger partial charge in [-0.2, -0.15) is 4.98 Å². The quantitative estimate of drug-likeness (QED) is 0.171. The Labute approximate surface area is 233 Å². The summed E-state index contributed by atoms with van der Waals surface area (Å²) < 4.78 is 5.39. The van der Waals surface area contributed by atoms with Gasteiger partial charge >= 0.3 is 0 Å². The molecule has 1 aromatic heterocycles. The highest BCUT2D eigenvalue weighted by Gasteiger charge is 2.20. The molecule has 11 heteroatoms. The Morgan fingerprint density at radius 2 is 1.95 bits per heavy atom. The number of ether oxygens (including phenoxy) is 1. The molecule has 1 saturated heterocycles. The average Bonchev–Trinajstić information content (AvgIpc) is 2.93. The van der Waals surface area contributed by atoms with Gasteiger partial charge in [-0.3, -0.25) is 14.5 Å². The first-order chi connectivity index (χ1) is 18.8. The molecule has 1 aliphatic heterocycles. The van der Waals surface area contributed by atoms with E-state index in [4.69, 9.17) is 4.74 Å². The fraction of sp³-hybridized carbons (Fsp3) is 0.643. The summed E-state index contributed by atoms with van der Waals surface area (Å²) in [7, 11) is 5.49. The van der Waals surface area contributed by atoms with Crippen LogP contribution in [0.15, 0.2) is 18.3 Å². The predicted octanol–water partition coefficient (Wildman–Crippen LogP) is 1.26. The molecule has 0 radical (unpaired) electrons. The van der Waals surface area contributed by atoms with E-state index in [1.165, 1.54) is 11.0 Å². The Kier molecular flexibility index (Phi) is 14.9. The Morgan fingerprint density at radius 1 is 1.18 bits per heavy atom. The Hall–Kier alpha value is -3.20. The van der Waals surface area contributed by atoms with Crippen molar-refractivity contribution in [3.63, 3.8) is 0 Å². The lowest BCUT2D eigenvalue weighted by atomic mass is 10.2. The van der Waals surface area contributed by atoms with Gasteiger partial charge < -0.3 is 30.5 Å². The van der Waals surface area contributed by atoms with E-state index in [-0.39, 0.29) is 11.8 Å². The van der Waals surface area contributed by atoms with E-state index in [2.05, 4.69) is 49.6 Å². The minimum atomic E-state index is -0.557. The molecule has 0 bridgehead atoms. The van der Waals surface area contributed by atoms with Crippen LogP contribution in [0.1, 0.15) is 38.7 Å². The number of rotatable bonds is 15. The molecule has 0 aromatic carbocycles. The third-order valence-corrected chi connectivity index (χ3v) is 6.19. The molecule has 1 fully saturated rings. The molecule has 3 N–H and O–H groups in total. The first-order valence-electron chi connectivity index (χ1n) is 13.8. The van der Waals surface area contributed by atoms with Crippen LogP contribution in [0.3, 0.4) is 0 Å². The lowest BCUT2D eigenvalue weighted by Gasteiger charge is -2.26. The van der Waals surface area contributed by atoms with E-state index in [9.17, 15) is 9.59 Å². The number of carbonyl (C=O) groups excluding carboxylic acids is 2. The molecule has 0 unspecified atom stereocenters. The van der Waals surface area contributed by atoms with Crippen molar-refractivity contribution in [2.75, 3.05) is 90.8 Å². The van der Waals surface area contributed by atoms with E-state index in [1.54, 1.807) is 26.2 Å². The maximum absolute atomic E-state index is 12.5. The van der Waals surface area contributed by atoms with Crippen molar-refractivity contribution >= 4 is 23.6 Å². The molecule has 1 atom stereocenters. The van der Waals surface area contributed by atoms with Crippen molar-refractivity contribution in [2.24, 2.45) is 0 Å². The van der Waals surface area contributed by atoms with Gasteiger partial charge in [-0.15, -0.1) is 0 Å². The summed E-state index contributed by atoms with van der Waals surface area (Å²) in [4.78, 5) is 39.5. The van der Waals surface area contributed by atoms with Crippen molar-refractivity contribution in [1.82, 2.24) is 30.0 Å². The topological polar surface area (TPSA) is 115 Å². The standard InChI is InChI=1S/C28H46N8O3/c1-6-13-29-26-24(22-32-28(33-26)31-15-17-36-18-20-39-21-19-36)11-8-7-9-14-30-27(38)23(2)35(5)25(37)12-10-16-34(3)4/h10,12,22-23H,6-7,9,13-21H2,1-5H3,(H,30,38)(H2,29,31,32,33)/t23-/m0/s1. The van der Waals surface area contributed by atoms with Gasteiger partial charge in [-0.05, 0) is 33.9 Å². The summed E-state index contributed by atoms with van der Waals surface area (Å²) in [5.74, 6) is 7.26. The van der Waals surface area contributed by atoms with Crippen molar-refractivity contribution in [3.05, 3.63) is 23.9 Å². The predicted molar refractivity (Wildman–Crippen MR) is 156 cm³/mol. The van der Waals surface area contributed by atoms with Crippen molar-refractivity contribution in [3.8, 4) is 11.8 Å². The number of unbranched alkanes of at least 4 members (excludes halogenated alkanes) is 1. The van der Waals surface area contributed by atoms with Crippen molar-refractivity contribution < 1.29 is 14.3 Å². The van der Waals surface area contributed by atoms with Gasteiger partial charge in [0.1, 0.15) is 11.9 Å². The molecular formula is C28H46N8O3. The minimum Gasteiger partial charge on any atom is -0.379 e. The Morgan fingerprint density at radius 3 is 2.67 bits per heavy atom. The zero-order valence-electron chi connectivity index (χ0n) is 24.3. The molecule has 1 aromatic rings. The molecular weight excluding hydrogens is 496 g/mol. The maximum Gasteiger partial charge on any atom is 0.246 e. The SMILES string of the molecule is CCCNc1nc(NCCN2CCOCC2)ncc1C#CCCCNC(=O)[C@H](C)N(C)C(=O)C=CCN(C)C. The third kappa shape index (κ3) is 12.5. The van der Waals surface area contributed by atoms with Gasteiger partial charge in [0.05, 0.1) is 25.0 Å². The monoisotopic (exact) mass is 542 g/mol. The number of nitrogens with one attached hydrogen (secondary N) is 3. The van der Waals surface area contributed by atoms with Crippen LogP contribution in [-0.2, 0) is 14.3 Å². The van der Waals surface area contributed by atoms with Crippen LogP contribution in [0.25, 0.3) is 0 Å². The molecule has 216 valence electrons. The molecule has 1 aliphatic rings. The first-order valence-corrected chi connectivity index (χ1v) is 13.8. The van der Waals surface area contributed by atoms with Gasteiger partial charge in [-0.25, -0.2) is 4.98 Å². The van der Waals surface area contributed by atoms with Crippen molar-refractivity contribution in [1.29, 1.82) is 0 Å². The lowest BCUT2D eigenvalue weighted by molar-refractivity contribution is -0.135. The van der Waals surface area contributed by atoms with E-state index in [0.29, 0.717) is 31.9 Å². The second-order valence-corrected chi connectivity index (χ2v) is 9.75. The second kappa shape index (κ2) is 18.2. The van der Waals surface area contributed by atoms with Crippen LogP contribution in [0, 0.1) is 11.8 Å². The summed E-state index contributed by atoms with van der Waals surface area (Å²) >= 11 is 0. The second-order valence-electron chi connectivity index (χ2n) is 9.75. The largest absolute Gasteiger partial charge is 0.379 e. The van der Waals surface area contributed by atoms with E-state index in [1.807, 2.05) is 19.0 Å². The Bertz CT molecular complexity index is 983. The fourth-order valence-corrected chi connectivity index (χ4v) is 3.63. The van der Waals surface area contributed by atoms with E-state index < -0.39 is 6.04 Å². The van der Waals surface area contributed by atoms with E-state index >= 15 is 0 Å². The zero-order valence-corrected chi connectivity index (χ0v) is 24.3. The van der Waals surface area contributed by atoms with Gasteiger partial charge in [-0.1, -0.05) is 24.8 Å². The van der Waals surface area contributed by atoms with Gasteiger partial charge in [0.2, 0.25) is 17.8 Å². The van der Waals surface area contributed by atoms with Crippen LogP contribution in [0.2, 0.25) is 0 Å². The number of morpholine rings is 1. The molecule has 0 spiro atoms. The van der Waals surface area contributed by atoms with Crippen LogP contribution in [0.4, 0.5) is 11.8 Å². The minimum absolute atomic E-state index is 0.184. The summed E-state index contributed by atoms with van der Waals surface area (Å²) in [6.45, 7) is 10.9. The molecule has 39 heavy (non-hydrogen) atoms. The first kappa shape index (κ1) is 32.0. The summed E-state index contributed by atoms with van der Waals surface area (Å²) in [5.41, 5.74) is 0.752. The molecule has 2 amide bonds. The van der Waals surface area contributed by atoms with Gasteiger partial charge in [0.25, 0.3) is 0 Å². The number of anilines is 2. The van der Waals surface area contributed by atoms with Crippen molar-refractivity contribution in [2.45, 2.75) is 39.2 Å². The normalized spacial score (nSPS) is 14.5. The van der Waals surface area contributed by atoms with Crippen LogP contribution >= 0.6 is 0 Å². The fourth-order valence-electron chi connectivity index (χ4n) is 3.63. The van der Waals surface area contributed by atoms with Crippen LogP contribution in [0.5, 0.6) is 0 Å². The number of amides is 2. The number of hydrogen-bond acceptors (Lipinski definition) is 9. The Balaban J connectivity index is 1.79. The summed E-state index contributed by atoms with van der Waals surface area (Å²) in [6, 6.07) is -0.557. The summed E-state index contributed by atoms with van der Waals surface area (Å²) in [6.07, 6.45) is 7.32. The highest BCUT2D eigenvalue weighted by molar-refractivity contribution is 5.92. The number of nitrogens with zero attached hydrogens (tertiary/aromatic N) is 5.